The summed E-state index contributed by atoms with van der Waals surface area (Å²) in [6.07, 6.45) is -6.12. The van der Waals surface area contributed by atoms with Gasteiger partial charge in [0, 0.05) is 0 Å². The van der Waals surface area contributed by atoms with Gasteiger partial charge in [0.25, 0.3) is 5.56 Å². The van der Waals surface area contributed by atoms with Crippen LogP contribution in [0, 0.1) is 0 Å². The molecule has 1 saturated heterocycles. The molecule has 160 valence electrons. The second-order valence-electron chi connectivity index (χ2n) is 6.19. The maximum Gasteiger partial charge on any atom is 0.469 e. The third kappa shape index (κ3) is 4.45. The number of carbonyl (C=O) groups excluding carboxylic acids is 1. The van der Waals surface area contributed by atoms with Gasteiger partial charge in [0.1, 0.15) is 18.3 Å². The van der Waals surface area contributed by atoms with Crippen molar-refractivity contribution in [2.75, 3.05) is 12.3 Å². The van der Waals surface area contributed by atoms with Crippen molar-refractivity contribution in [3.8, 4) is 0 Å². The fraction of sp³-hybridized carbons (Fsp3) is 0.538. The number of nitrogens with one attached hydrogen (secondary N) is 1. The number of hydrogen-bond acceptors (Lipinski definition) is 11. The van der Waals surface area contributed by atoms with Gasteiger partial charge in [0.05, 0.1) is 12.9 Å². The normalized spacial score (nSPS) is 26.0. The van der Waals surface area contributed by atoms with Crippen LogP contribution >= 0.6 is 7.82 Å². The first-order chi connectivity index (χ1) is 13.5. The number of aliphatic hydroxyl groups excluding tert-OH is 2. The lowest BCUT2D eigenvalue weighted by atomic mass is 10.1. The maximum absolute atomic E-state index is 12.0. The number of nitrogens with zero attached hydrogens (tertiary/aromatic N) is 3. The molecule has 3 rings (SSSR count). The topological polar surface area (TPSA) is 232 Å². The number of aromatic amines is 1. The zero-order valence-corrected chi connectivity index (χ0v) is 15.7. The quantitative estimate of drug-likeness (QED) is 0.201. The molecular weight excluding hydrogens is 417 g/mol. The molecule has 29 heavy (non-hydrogen) atoms. The Kier molecular flexibility index (Phi) is 5.73. The van der Waals surface area contributed by atoms with Gasteiger partial charge in [-0.3, -0.25) is 18.9 Å². The van der Waals surface area contributed by atoms with Crippen molar-refractivity contribution in [2.45, 2.75) is 37.6 Å². The fourth-order valence-corrected chi connectivity index (χ4v) is 3.08. The Morgan fingerprint density at radius 2 is 2.21 bits per heavy atom. The number of phosphoric acid groups is 1. The molecule has 2 aromatic rings. The highest BCUT2D eigenvalue weighted by Crippen LogP contribution is 2.39. The average molecular weight is 435 g/mol. The summed E-state index contributed by atoms with van der Waals surface area (Å²) in [7, 11) is -4.87. The number of nitrogen functional groups attached to an aromatic ring is 1. The molecule has 1 aliphatic rings. The predicted octanol–water partition coefficient (Wildman–Crippen LogP) is -2.64. The van der Waals surface area contributed by atoms with Crippen LogP contribution in [0.5, 0.6) is 0 Å². The smallest absolute Gasteiger partial charge is 0.453 e. The van der Waals surface area contributed by atoms with E-state index in [4.69, 9.17) is 25.0 Å². The molecule has 1 fully saturated rings. The van der Waals surface area contributed by atoms with Gasteiger partial charge in [-0.25, -0.2) is 14.3 Å². The number of ether oxygens (including phenoxy) is 2. The number of nitrogens with two attached hydrogens (primary N) is 1. The molecule has 7 N–H and O–H groups in total. The highest BCUT2D eigenvalue weighted by atomic mass is 31.2. The van der Waals surface area contributed by atoms with Crippen LogP contribution < -0.4 is 11.3 Å². The van der Waals surface area contributed by atoms with Gasteiger partial charge in [-0.1, -0.05) is 0 Å². The number of rotatable bonds is 6. The molecule has 0 saturated carbocycles. The maximum atomic E-state index is 12.0. The number of hydrogen-bond donors (Lipinski definition) is 6. The molecule has 1 aliphatic heterocycles. The minimum absolute atomic E-state index is 0.0573. The summed E-state index contributed by atoms with van der Waals surface area (Å²) in [5, 5.41) is 19.8. The van der Waals surface area contributed by atoms with Crippen molar-refractivity contribution in [1.29, 1.82) is 0 Å². The lowest BCUT2D eigenvalue weighted by Crippen LogP contribution is -2.39. The number of anilines is 1. The number of aromatic nitrogens is 4. The Morgan fingerprint density at radius 3 is 2.83 bits per heavy atom. The number of imidazole rings is 1. The fourth-order valence-electron chi connectivity index (χ4n) is 2.74. The summed E-state index contributed by atoms with van der Waals surface area (Å²) in [5.74, 6) is -1.32. The molecule has 16 heteroatoms. The minimum atomic E-state index is -4.87. The first-order valence-electron chi connectivity index (χ1n) is 8.12. The largest absolute Gasteiger partial charge is 0.469 e. The Morgan fingerprint density at radius 1 is 1.52 bits per heavy atom. The Bertz CT molecular complexity index is 1020. The minimum Gasteiger partial charge on any atom is -0.453 e. The van der Waals surface area contributed by atoms with E-state index in [1.165, 1.54) is 0 Å². The zero-order chi connectivity index (χ0) is 21.5. The summed E-state index contributed by atoms with van der Waals surface area (Å²) in [4.78, 5) is 51.6. The SMILES string of the molecule is CC(O)C(=O)O[C@@H]1[C@H](O)[C@@H](COP(=O)(O)O)O[C@H]1n1cnc2c(=O)[nH]c(N)nc21. The lowest BCUT2D eigenvalue weighted by Gasteiger charge is -2.22. The molecule has 3 heterocycles. The van der Waals surface area contributed by atoms with Gasteiger partial charge in [0.2, 0.25) is 5.95 Å². The van der Waals surface area contributed by atoms with E-state index >= 15 is 0 Å². The Balaban J connectivity index is 1.98. The summed E-state index contributed by atoms with van der Waals surface area (Å²) >= 11 is 0. The summed E-state index contributed by atoms with van der Waals surface area (Å²) in [5.41, 5.74) is 4.71. The zero-order valence-electron chi connectivity index (χ0n) is 14.8. The average Bonchev–Trinajstić information content (AvgIpc) is 3.14. The summed E-state index contributed by atoms with van der Waals surface area (Å²) in [6, 6.07) is 0. The third-order valence-electron chi connectivity index (χ3n) is 4.04. The van der Waals surface area contributed by atoms with Crippen molar-refractivity contribution < 1.29 is 43.4 Å². The van der Waals surface area contributed by atoms with E-state index in [9.17, 15) is 24.4 Å². The van der Waals surface area contributed by atoms with Gasteiger partial charge in [0.15, 0.2) is 23.5 Å². The Labute approximate surface area is 161 Å². The van der Waals surface area contributed by atoms with Gasteiger partial charge < -0.3 is 35.2 Å². The van der Waals surface area contributed by atoms with Gasteiger partial charge in [-0.2, -0.15) is 4.98 Å². The van der Waals surface area contributed by atoms with E-state index in [2.05, 4.69) is 19.5 Å². The van der Waals surface area contributed by atoms with Gasteiger partial charge in [-0.05, 0) is 6.92 Å². The van der Waals surface area contributed by atoms with Crippen molar-refractivity contribution in [1.82, 2.24) is 19.5 Å². The van der Waals surface area contributed by atoms with Crippen LogP contribution in [-0.4, -0.2) is 76.5 Å². The molecule has 0 aliphatic carbocycles. The number of phosphoric ester groups is 1. The van der Waals surface area contributed by atoms with Crippen molar-refractivity contribution in [3.05, 3.63) is 16.7 Å². The molecule has 0 aromatic carbocycles. The van der Waals surface area contributed by atoms with Crippen LogP contribution in [0.2, 0.25) is 0 Å². The van der Waals surface area contributed by atoms with E-state index in [1.54, 1.807) is 0 Å². The molecule has 0 amide bonds. The molecule has 0 bridgehead atoms. The second kappa shape index (κ2) is 7.79. The molecule has 0 radical (unpaired) electrons. The monoisotopic (exact) mass is 435 g/mol. The lowest BCUT2D eigenvalue weighted by molar-refractivity contribution is -0.167. The molecule has 1 unspecified atom stereocenters. The van der Waals surface area contributed by atoms with E-state index in [1.807, 2.05) is 0 Å². The first-order valence-corrected chi connectivity index (χ1v) is 9.65. The number of aliphatic hydroxyl groups is 2. The van der Waals surface area contributed by atoms with Crippen LogP contribution in [-0.2, 0) is 23.4 Å². The summed E-state index contributed by atoms with van der Waals surface area (Å²) < 4.78 is 27.1. The van der Waals surface area contributed by atoms with E-state index < -0.39 is 56.6 Å². The number of esters is 1. The van der Waals surface area contributed by atoms with E-state index in [-0.39, 0.29) is 17.1 Å². The number of carbonyl (C=O) groups is 1. The van der Waals surface area contributed by atoms with Gasteiger partial charge >= 0.3 is 13.8 Å². The van der Waals surface area contributed by atoms with Crippen LogP contribution in [0.25, 0.3) is 11.2 Å². The van der Waals surface area contributed by atoms with Crippen molar-refractivity contribution in [2.24, 2.45) is 0 Å². The van der Waals surface area contributed by atoms with E-state index in [0.29, 0.717) is 0 Å². The van der Waals surface area contributed by atoms with Crippen LogP contribution in [0.4, 0.5) is 5.95 Å². The van der Waals surface area contributed by atoms with Gasteiger partial charge in [-0.15, -0.1) is 0 Å². The van der Waals surface area contributed by atoms with Crippen LogP contribution in [0.1, 0.15) is 13.2 Å². The standard InChI is InChI=1S/C13H18N5O10P/c1-4(19)12(22)28-8-7(20)5(2-26-29(23,24)25)27-11(8)18-3-15-6-9(18)16-13(14)17-10(6)21/h3-5,7-8,11,19-20H,2H2,1H3,(H2,23,24,25)(H3,14,16,17,21)/t4?,5-,7-,8-,11-/m1/s1. The molecule has 2 aromatic heterocycles. The van der Waals surface area contributed by atoms with E-state index in [0.717, 1.165) is 17.8 Å². The molecule has 5 atom stereocenters. The third-order valence-corrected chi connectivity index (χ3v) is 4.52. The van der Waals surface area contributed by atoms with Crippen LogP contribution in [0.3, 0.4) is 0 Å². The molecule has 15 nitrogen and oxygen atoms in total. The predicted molar refractivity (Wildman–Crippen MR) is 92.0 cm³/mol. The highest BCUT2D eigenvalue weighted by Gasteiger charge is 2.48. The van der Waals surface area contributed by atoms with Crippen molar-refractivity contribution in [3.63, 3.8) is 0 Å². The van der Waals surface area contributed by atoms with Crippen LogP contribution in [0.15, 0.2) is 11.1 Å². The Hall–Kier alpha value is -2.39. The number of fused-ring (bicyclic) bond motifs is 1. The highest BCUT2D eigenvalue weighted by molar-refractivity contribution is 7.46. The summed E-state index contributed by atoms with van der Waals surface area (Å²) in [6.45, 7) is 0.399. The van der Waals surface area contributed by atoms with Crippen molar-refractivity contribution >= 4 is 30.9 Å². The number of H-pyrrole nitrogens is 1. The molecule has 0 spiro atoms. The second-order valence-corrected chi connectivity index (χ2v) is 7.43. The first kappa shape index (κ1) is 21.3. The molecular formula is C13H18N5O10P.